The fourth-order valence-corrected chi connectivity index (χ4v) is 5.61. The van der Waals surface area contributed by atoms with Gasteiger partial charge in [0.2, 0.25) is 15.9 Å². The van der Waals surface area contributed by atoms with Crippen molar-refractivity contribution < 1.29 is 13.2 Å². The van der Waals surface area contributed by atoms with Crippen LogP contribution in [0.15, 0.2) is 18.2 Å². The number of thiazole rings is 1. The van der Waals surface area contributed by atoms with Gasteiger partial charge in [-0.15, -0.1) is 11.3 Å². The van der Waals surface area contributed by atoms with Gasteiger partial charge in [0.1, 0.15) is 6.04 Å². The molecule has 1 aliphatic carbocycles. The van der Waals surface area contributed by atoms with Crippen molar-refractivity contribution in [2.24, 2.45) is 0 Å². The molecule has 1 saturated heterocycles. The van der Waals surface area contributed by atoms with E-state index in [4.69, 9.17) is 0 Å². The molecule has 4 rings (SSSR count). The van der Waals surface area contributed by atoms with E-state index in [-0.39, 0.29) is 5.91 Å². The number of aromatic nitrogens is 1. The molecule has 0 bridgehead atoms. The summed E-state index contributed by atoms with van der Waals surface area (Å²) in [6.07, 6.45) is 5.82. The van der Waals surface area contributed by atoms with Gasteiger partial charge in [0, 0.05) is 18.2 Å². The lowest BCUT2D eigenvalue weighted by atomic mass is 10.0. The van der Waals surface area contributed by atoms with Gasteiger partial charge >= 0.3 is 0 Å². The van der Waals surface area contributed by atoms with Gasteiger partial charge in [0.15, 0.2) is 0 Å². The first-order chi connectivity index (χ1) is 11.9. The Morgan fingerprint density at radius 3 is 2.80 bits per heavy atom. The van der Waals surface area contributed by atoms with Gasteiger partial charge in [-0.1, -0.05) is 6.42 Å². The molecule has 1 N–H and O–H groups in total. The van der Waals surface area contributed by atoms with Gasteiger partial charge in [-0.2, -0.15) is 4.31 Å². The van der Waals surface area contributed by atoms with Crippen molar-refractivity contribution in [3.8, 4) is 0 Å². The lowest BCUT2D eigenvalue weighted by Gasteiger charge is -2.32. The minimum atomic E-state index is -3.38. The van der Waals surface area contributed by atoms with Crippen molar-refractivity contribution >= 4 is 43.2 Å². The molecule has 2 aliphatic rings. The molecule has 1 unspecified atom stereocenters. The quantitative estimate of drug-likeness (QED) is 0.886. The molecule has 6 nitrogen and oxygen atoms in total. The zero-order valence-electron chi connectivity index (χ0n) is 14.1. The van der Waals surface area contributed by atoms with Gasteiger partial charge < -0.3 is 5.32 Å². The second kappa shape index (κ2) is 6.34. The first kappa shape index (κ1) is 16.9. The lowest BCUT2D eigenvalue weighted by Crippen LogP contribution is -2.49. The van der Waals surface area contributed by atoms with E-state index in [2.05, 4.69) is 10.3 Å². The average molecular weight is 380 g/mol. The third-order valence-electron chi connectivity index (χ3n) is 4.78. The van der Waals surface area contributed by atoms with Crippen LogP contribution in [0, 0.1) is 0 Å². The van der Waals surface area contributed by atoms with Crippen LogP contribution in [0.3, 0.4) is 0 Å². The molecule has 0 spiro atoms. The summed E-state index contributed by atoms with van der Waals surface area (Å²) in [6, 6.07) is 5.07. The molecule has 1 aromatic heterocycles. The number of fused-ring (bicyclic) bond motifs is 1. The number of hydrogen-bond donors (Lipinski definition) is 1. The zero-order chi connectivity index (χ0) is 17.6. The Hall–Kier alpha value is -1.51. The Morgan fingerprint density at radius 1 is 1.28 bits per heavy atom. The van der Waals surface area contributed by atoms with Gasteiger partial charge in [0.05, 0.1) is 21.5 Å². The first-order valence-corrected chi connectivity index (χ1v) is 11.3. The third kappa shape index (κ3) is 3.56. The fourth-order valence-electron chi connectivity index (χ4n) is 3.31. The van der Waals surface area contributed by atoms with Crippen molar-refractivity contribution in [2.75, 3.05) is 18.1 Å². The number of carbonyl (C=O) groups excluding carboxylic acids is 1. The first-order valence-electron chi connectivity index (χ1n) is 8.60. The Bertz CT molecular complexity index is 918. The van der Waals surface area contributed by atoms with E-state index in [0.717, 1.165) is 23.1 Å². The molecule has 1 atom stereocenters. The van der Waals surface area contributed by atoms with E-state index < -0.39 is 16.1 Å². The smallest absolute Gasteiger partial charge is 0.242 e. The van der Waals surface area contributed by atoms with E-state index in [1.165, 1.54) is 28.4 Å². The van der Waals surface area contributed by atoms with Crippen molar-refractivity contribution in [1.82, 2.24) is 9.29 Å². The summed E-state index contributed by atoms with van der Waals surface area (Å²) < 4.78 is 26.3. The Labute approximate surface area is 151 Å². The summed E-state index contributed by atoms with van der Waals surface area (Å²) >= 11 is 1.68. The van der Waals surface area contributed by atoms with E-state index in [9.17, 15) is 13.2 Å². The summed E-state index contributed by atoms with van der Waals surface area (Å²) in [4.78, 5) is 17.3. The molecular weight excluding hydrogens is 358 g/mol. The van der Waals surface area contributed by atoms with Crippen LogP contribution in [-0.4, -0.2) is 42.5 Å². The number of carbonyl (C=O) groups is 1. The maximum absolute atomic E-state index is 12.7. The second-order valence-corrected chi connectivity index (χ2v) is 9.88. The predicted molar refractivity (Wildman–Crippen MR) is 99.4 cm³/mol. The number of piperidine rings is 1. The molecule has 1 amide bonds. The Kier molecular flexibility index (Phi) is 4.29. The molecule has 8 heteroatoms. The molecule has 1 aliphatic heterocycles. The number of anilines is 1. The maximum Gasteiger partial charge on any atom is 0.242 e. The van der Waals surface area contributed by atoms with Crippen LogP contribution >= 0.6 is 11.3 Å². The van der Waals surface area contributed by atoms with Crippen molar-refractivity contribution in [3.63, 3.8) is 0 Å². The number of amides is 1. The normalized spacial score (nSPS) is 22.2. The summed E-state index contributed by atoms with van der Waals surface area (Å²) in [7, 11) is -3.38. The molecule has 134 valence electrons. The van der Waals surface area contributed by atoms with Crippen LogP contribution in [0.4, 0.5) is 5.69 Å². The molecular formula is C17H21N3O3S2. The monoisotopic (exact) mass is 379 g/mol. The topological polar surface area (TPSA) is 79.4 Å². The average Bonchev–Trinajstić information content (AvgIpc) is 3.34. The largest absolute Gasteiger partial charge is 0.325 e. The van der Waals surface area contributed by atoms with E-state index in [1.807, 2.05) is 18.2 Å². The maximum atomic E-state index is 12.7. The van der Waals surface area contributed by atoms with Crippen LogP contribution in [0.2, 0.25) is 0 Å². The van der Waals surface area contributed by atoms with Gasteiger partial charge in [-0.3, -0.25) is 4.79 Å². The highest BCUT2D eigenvalue weighted by molar-refractivity contribution is 7.88. The molecule has 2 heterocycles. The zero-order valence-corrected chi connectivity index (χ0v) is 15.7. The molecule has 1 aromatic carbocycles. The SMILES string of the molecule is CS(=O)(=O)N1CCCCC1C(=O)Nc1ccc2nc(C3CC3)sc2c1. The van der Waals surface area contributed by atoms with Crippen LogP contribution in [0.25, 0.3) is 10.2 Å². The van der Waals surface area contributed by atoms with Gasteiger partial charge in [-0.05, 0) is 43.9 Å². The minimum Gasteiger partial charge on any atom is -0.325 e. The Balaban J connectivity index is 1.54. The number of benzene rings is 1. The highest BCUT2D eigenvalue weighted by Gasteiger charge is 2.34. The number of sulfonamides is 1. The lowest BCUT2D eigenvalue weighted by molar-refractivity contribution is -0.120. The van der Waals surface area contributed by atoms with Gasteiger partial charge in [0.25, 0.3) is 0 Å². The summed E-state index contributed by atoms with van der Waals surface area (Å²) in [5.74, 6) is 0.359. The van der Waals surface area contributed by atoms with E-state index in [1.54, 1.807) is 11.3 Å². The second-order valence-electron chi connectivity index (χ2n) is 6.88. The van der Waals surface area contributed by atoms with Crippen LogP contribution in [0.5, 0.6) is 0 Å². The number of nitrogens with zero attached hydrogens (tertiary/aromatic N) is 2. The highest BCUT2D eigenvalue weighted by atomic mass is 32.2. The van der Waals surface area contributed by atoms with Crippen molar-refractivity contribution in [1.29, 1.82) is 0 Å². The number of hydrogen-bond acceptors (Lipinski definition) is 5. The van der Waals surface area contributed by atoms with E-state index in [0.29, 0.717) is 24.6 Å². The predicted octanol–water partition coefficient (Wildman–Crippen LogP) is 2.93. The summed E-state index contributed by atoms with van der Waals surface area (Å²) in [5, 5.41) is 4.07. The minimum absolute atomic E-state index is 0.253. The molecule has 2 aromatic rings. The molecule has 2 fully saturated rings. The van der Waals surface area contributed by atoms with Crippen LogP contribution < -0.4 is 5.32 Å². The van der Waals surface area contributed by atoms with Gasteiger partial charge in [-0.25, -0.2) is 13.4 Å². The Morgan fingerprint density at radius 2 is 2.08 bits per heavy atom. The summed E-state index contributed by atoms with van der Waals surface area (Å²) in [6.45, 7) is 0.412. The van der Waals surface area contributed by atoms with Crippen molar-refractivity contribution in [3.05, 3.63) is 23.2 Å². The van der Waals surface area contributed by atoms with Crippen LogP contribution in [-0.2, 0) is 14.8 Å². The third-order valence-corrected chi connectivity index (χ3v) is 7.25. The molecule has 25 heavy (non-hydrogen) atoms. The fraction of sp³-hybridized carbons (Fsp3) is 0.529. The standard InChI is InChI=1S/C17H21N3O3S2/c1-25(22,23)20-9-3-2-4-14(20)16(21)18-12-7-8-13-15(10-12)24-17(19-13)11-5-6-11/h7-8,10-11,14H,2-6,9H2,1H3,(H,18,21). The number of rotatable bonds is 4. The molecule has 1 saturated carbocycles. The van der Waals surface area contributed by atoms with E-state index >= 15 is 0 Å². The summed E-state index contributed by atoms with van der Waals surface area (Å²) in [5.41, 5.74) is 1.66. The highest BCUT2D eigenvalue weighted by Crippen LogP contribution is 2.43. The van der Waals surface area contributed by atoms with Crippen molar-refractivity contribution in [2.45, 2.75) is 44.1 Å². The van der Waals surface area contributed by atoms with Crippen LogP contribution in [0.1, 0.15) is 43.0 Å². The number of nitrogens with one attached hydrogen (secondary N) is 1. The molecule has 0 radical (unpaired) electrons.